The van der Waals surface area contributed by atoms with Crippen molar-refractivity contribution in [1.29, 1.82) is 0 Å². The van der Waals surface area contributed by atoms with Crippen molar-refractivity contribution in [2.45, 2.75) is 64.5 Å². The first-order valence-corrected chi connectivity index (χ1v) is 7.94. The zero-order valence-electron chi connectivity index (χ0n) is 13.3. The highest BCUT2D eigenvalue weighted by atomic mass is 16.4. The van der Waals surface area contributed by atoms with Gasteiger partial charge in [0.15, 0.2) is 0 Å². The van der Waals surface area contributed by atoms with Gasteiger partial charge in [-0.25, -0.2) is 0 Å². The molecule has 0 bridgehead atoms. The molecule has 1 aromatic carbocycles. The minimum Gasteiger partial charge on any atom is -0.409 e. The van der Waals surface area contributed by atoms with Crippen LogP contribution < -0.4 is 11.1 Å². The van der Waals surface area contributed by atoms with Gasteiger partial charge in [-0.2, -0.15) is 0 Å². The van der Waals surface area contributed by atoms with Crippen LogP contribution in [0.5, 0.6) is 0 Å². The van der Waals surface area contributed by atoms with Gasteiger partial charge in [0, 0.05) is 18.5 Å². The van der Waals surface area contributed by atoms with Gasteiger partial charge < -0.3 is 16.3 Å². The largest absolute Gasteiger partial charge is 0.409 e. The van der Waals surface area contributed by atoms with E-state index in [-0.39, 0.29) is 11.9 Å². The summed E-state index contributed by atoms with van der Waals surface area (Å²) in [7, 11) is 0. The van der Waals surface area contributed by atoms with E-state index in [9.17, 15) is 0 Å². The molecular weight excluding hydrogens is 262 g/mol. The summed E-state index contributed by atoms with van der Waals surface area (Å²) >= 11 is 0. The Hall–Kier alpha value is -1.55. The molecule has 0 amide bonds. The summed E-state index contributed by atoms with van der Waals surface area (Å²) in [6.07, 6.45) is 6.77. The van der Waals surface area contributed by atoms with E-state index < -0.39 is 0 Å². The van der Waals surface area contributed by atoms with Gasteiger partial charge in [-0.05, 0) is 18.9 Å². The van der Waals surface area contributed by atoms with Gasteiger partial charge in [0.25, 0.3) is 0 Å². The monoisotopic (exact) mass is 291 g/mol. The lowest BCUT2D eigenvalue weighted by Crippen LogP contribution is -2.33. The Bertz CT molecular complexity index is 406. The van der Waals surface area contributed by atoms with E-state index in [0.29, 0.717) is 12.5 Å². The average Bonchev–Trinajstić information content (AvgIpc) is 2.51. The number of nitrogens with two attached hydrogens (primary N) is 1. The lowest BCUT2D eigenvalue weighted by atomic mass is 10.0. The van der Waals surface area contributed by atoms with Crippen molar-refractivity contribution in [3.05, 3.63) is 35.9 Å². The van der Waals surface area contributed by atoms with Crippen LogP contribution in [0.1, 0.15) is 64.0 Å². The van der Waals surface area contributed by atoms with Gasteiger partial charge in [-0.15, -0.1) is 0 Å². The number of hydrogen-bond acceptors (Lipinski definition) is 3. The van der Waals surface area contributed by atoms with Crippen LogP contribution in [-0.2, 0) is 0 Å². The van der Waals surface area contributed by atoms with Crippen molar-refractivity contribution < 1.29 is 5.21 Å². The second-order valence-corrected chi connectivity index (χ2v) is 5.68. The highest BCUT2D eigenvalue weighted by Gasteiger charge is 2.15. The van der Waals surface area contributed by atoms with Gasteiger partial charge >= 0.3 is 0 Å². The molecule has 0 aliphatic heterocycles. The molecule has 0 aromatic heterocycles. The van der Waals surface area contributed by atoms with E-state index in [1.165, 1.54) is 31.2 Å². The van der Waals surface area contributed by atoms with Crippen molar-refractivity contribution in [3.63, 3.8) is 0 Å². The number of hydrogen-bond donors (Lipinski definition) is 3. The summed E-state index contributed by atoms with van der Waals surface area (Å²) < 4.78 is 0. The SMILES string of the molecule is CCCCCCC(C)NC(CC(N)=NO)c1ccccc1. The third kappa shape index (κ3) is 7.14. The van der Waals surface area contributed by atoms with Crippen molar-refractivity contribution in [3.8, 4) is 0 Å². The standard InChI is InChI=1S/C17H29N3O/c1-3-4-5-7-10-14(2)19-16(13-17(18)20-21)15-11-8-6-9-12-15/h6,8-9,11-12,14,16,19,21H,3-5,7,10,13H2,1-2H3,(H2,18,20). The third-order valence-electron chi connectivity index (χ3n) is 3.72. The molecule has 4 heteroatoms. The summed E-state index contributed by atoms with van der Waals surface area (Å²) in [5.74, 6) is 0.259. The molecule has 0 fully saturated rings. The van der Waals surface area contributed by atoms with Crippen molar-refractivity contribution in [2.24, 2.45) is 10.9 Å². The summed E-state index contributed by atoms with van der Waals surface area (Å²) in [6.45, 7) is 4.43. The van der Waals surface area contributed by atoms with E-state index in [4.69, 9.17) is 10.9 Å². The second kappa shape index (κ2) is 10.2. The van der Waals surface area contributed by atoms with E-state index in [0.717, 1.165) is 6.42 Å². The molecule has 2 unspecified atom stereocenters. The van der Waals surface area contributed by atoms with Crippen molar-refractivity contribution in [1.82, 2.24) is 5.32 Å². The Labute approximate surface area is 128 Å². The Kier molecular flexibility index (Phi) is 8.51. The molecule has 21 heavy (non-hydrogen) atoms. The van der Waals surface area contributed by atoms with Crippen molar-refractivity contribution >= 4 is 5.84 Å². The maximum atomic E-state index is 8.80. The van der Waals surface area contributed by atoms with E-state index in [1.807, 2.05) is 18.2 Å². The average molecular weight is 291 g/mol. The quantitative estimate of drug-likeness (QED) is 0.202. The summed E-state index contributed by atoms with van der Waals surface area (Å²) in [6, 6.07) is 10.7. The van der Waals surface area contributed by atoms with Crippen LogP contribution in [0.3, 0.4) is 0 Å². The van der Waals surface area contributed by atoms with Gasteiger partial charge in [0.2, 0.25) is 0 Å². The summed E-state index contributed by atoms with van der Waals surface area (Å²) in [4.78, 5) is 0. The molecule has 0 spiro atoms. The van der Waals surface area contributed by atoms with E-state index in [2.05, 4.69) is 36.5 Å². The molecule has 4 nitrogen and oxygen atoms in total. The van der Waals surface area contributed by atoms with E-state index >= 15 is 0 Å². The number of nitrogens with one attached hydrogen (secondary N) is 1. The maximum absolute atomic E-state index is 8.80. The number of benzene rings is 1. The Morgan fingerprint density at radius 1 is 1.24 bits per heavy atom. The normalized spacial score (nSPS) is 14.9. The Morgan fingerprint density at radius 3 is 2.57 bits per heavy atom. The van der Waals surface area contributed by atoms with Crippen LogP contribution in [0, 0.1) is 0 Å². The molecule has 0 radical (unpaired) electrons. The molecule has 0 heterocycles. The van der Waals surface area contributed by atoms with Crippen LogP contribution in [0.4, 0.5) is 0 Å². The van der Waals surface area contributed by atoms with Crippen molar-refractivity contribution in [2.75, 3.05) is 0 Å². The first-order chi connectivity index (χ1) is 10.2. The Balaban J connectivity index is 2.56. The topological polar surface area (TPSA) is 70.6 Å². The van der Waals surface area contributed by atoms with Crippen LogP contribution in [-0.4, -0.2) is 17.1 Å². The van der Waals surface area contributed by atoms with Gasteiger partial charge in [-0.1, -0.05) is 68.1 Å². The second-order valence-electron chi connectivity index (χ2n) is 5.68. The third-order valence-corrected chi connectivity index (χ3v) is 3.72. The lowest BCUT2D eigenvalue weighted by molar-refractivity contribution is 0.315. The molecule has 1 aromatic rings. The van der Waals surface area contributed by atoms with Gasteiger partial charge in [-0.3, -0.25) is 0 Å². The maximum Gasteiger partial charge on any atom is 0.141 e. The molecule has 2 atom stereocenters. The molecule has 0 saturated carbocycles. The molecule has 0 aliphatic rings. The zero-order valence-corrected chi connectivity index (χ0v) is 13.3. The van der Waals surface area contributed by atoms with Crippen LogP contribution in [0.15, 0.2) is 35.5 Å². The number of rotatable bonds is 10. The first-order valence-electron chi connectivity index (χ1n) is 7.94. The number of oxime groups is 1. The zero-order chi connectivity index (χ0) is 15.5. The van der Waals surface area contributed by atoms with E-state index in [1.54, 1.807) is 0 Å². The predicted molar refractivity (Wildman–Crippen MR) is 88.6 cm³/mol. The van der Waals surface area contributed by atoms with Crippen LogP contribution in [0.25, 0.3) is 0 Å². The fourth-order valence-electron chi connectivity index (χ4n) is 2.51. The van der Waals surface area contributed by atoms with Gasteiger partial charge in [0.1, 0.15) is 5.84 Å². The number of amidine groups is 1. The highest BCUT2D eigenvalue weighted by molar-refractivity contribution is 5.80. The smallest absolute Gasteiger partial charge is 0.141 e. The van der Waals surface area contributed by atoms with Crippen LogP contribution in [0.2, 0.25) is 0 Å². The minimum atomic E-state index is 0.0864. The lowest BCUT2D eigenvalue weighted by Gasteiger charge is -2.23. The number of nitrogens with zero attached hydrogens (tertiary/aromatic N) is 1. The highest BCUT2D eigenvalue weighted by Crippen LogP contribution is 2.18. The molecule has 1 rings (SSSR count). The predicted octanol–water partition coefficient (Wildman–Crippen LogP) is 3.81. The molecule has 4 N–H and O–H groups in total. The molecule has 0 aliphatic carbocycles. The van der Waals surface area contributed by atoms with Crippen LogP contribution >= 0.6 is 0 Å². The fourth-order valence-corrected chi connectivity index (χ4v) is 2.51. The molecule has 118 valence electrons. The first kappa shape index (κ1) is 17.5. The Morgan fingerprint density at radius 2 is 1.95 bits per heavy atom. The molecular formula is C17H29N3O. The molecule has 0 saturated heterocycles. The summed E-state index contributed by atoms with van der Waals surface area (Å²) in [5, 5.41) is 15.5. The van der Waals surface area contributed by atoms with Gasteiger partial charge in [0.05, 0.1) is 0 Å². The fraction of sp³-hybridized carbons (Fsp3) is 0.588. The summed E-state index contributed by atoms with van der Waals surface area (Å²) in [5.41, 5.74) is 6.86. The number of unbranched alkanes of at least 4 members (excludes halogenated alkanes) is 3. The minimum absolute atomic E-state index is 0.0864.